The molecule has 7 nitrogen and oxygen atoms in total. The first-order chi connectivity index (χ1) is 12.7. The zero-order chi connectivity index (χ0) is 18.4. The van der Waals surface area contributed by atoms with Gasteiger partial charge in [0, 0.05) is 24.5 Å². The number of hydrogen-bond donors (Lipinski definition) is 1. The lowest BCUT2D eigenvalue weighted by molar-refractivity contribution is -0.120. The van der Waals surface area contributed by atoms with Crippen molar-refractivity contribution < 1.29 is 9.21 Å². The molecule has 3 rings (SSSR count). The van der Waals surface area contributed by atoms with E-state index < -0.39 is 0 Å². The van der Waals surface area contributed by atoms with E-state index in [2.05, 4.69) is 27.1 Å². The summed E-state index contributed by atoms with van der Waals surface area (Å²) >= 11 is 1.35. The topological polar surface area (TPSA) is 85.8 Å². The summed E-state index contributed by atoms with van der Waals surface area (Å²) in [6, 6.07) is 7.49. The maximum atomic E-state index is 12.1. The first-order valence-electron chi connectivity index (χ1n) is 8.10. The number of rotatable bonds is 8. The summed E-state index contributed by atoms with van der Waals surface area (Å²) in [5, 5.41) is 11.7. The van der Waals surface area contributed by atoms with Crippen molar-refractivity contribution in [1.82, 2.24) is 25.1 Å². The Morgan fingerprint density at radius 2 is 2.31 bits per heavy atom. The van der Waals surface area contributed by atoms with Gasteiger partial charge in [-0.3, -0.25) is 14.3 Å². The van der Waals surface area contributed by atoms with Gasteiger partial charge in [-0.25, -0.2) is 0 Å². The largest absolute Gasteiger partial charge is 0.467 e. The van der Waals surface area contributed by atoms with E-state index in [4.69, 9.17) is 4.42 Å². The van der Waals surface area contributed by atoms with Gasteiger partial charge >= 0.3 is 0 Å². The second-order valence-electron chi connectivity index (χ2n) is 5.51. The highest BCUT2D eigenvalue weighted by atomic mass is 32.2. The monoisotopic (exact) mass is 369 g/mol. The molecule has 1 amide bonds. The Balaban J connectivity index is 1.88. The normalized spacial score (nSPS) is 11.9. The number of furan rings is 1. The molecule has 26 heavy (non-hydrogen) atoms. The first-order valence-corrected chi connectivity index (χ1v) is 8.98. The summed E-state index contributed by atoms with van der Waals surface area (Å²) in [7, 11) is 0. The molecule has 0 saturated heterocycles. The third kappa shape index (κ3) is 4.20. The van der Waals surface area contributed by atoms with Gasteiger partial charge in [-0.15, -0.1) is 16.8 Å². The third-order valence-electron chi connectivity index (χ3n) is 3.60. The maximum absolute atomic E-state index is 12.1. The minimum Gasteiger partial charge on any atom is -0.467 e. The molecule has 0 radical (unpaired) electrons. The summed E-state index contributed by atoms with van der Waals surface area (Å²) < 4.78 is 7.39. The predicted octanol–water partition coefficient (Wildman–Crippen LogP) is 2.76. The highest BCUT2D eigenvalue weighted by Crippen LogP contribution is 2.27. The molecule has 1 N–H and O–H groups in total. The molecule has 8 heteroatoms. The number of nitrogens with zero attached hydrogens (tertiary/aromatic N) is 4. The van der Waals surface area contributed by atoms with Crippen LogP contribution < -0.4 is 5.32 Å². The average Bonchev–Trinajstić information content (AvgIpc) is 3.31. The van der Waals surface area contributed by atoms with Crippen LogP contribution in [-0.4, -0.2) is 37.5 Å². The van der Waals surface area contributed by atoms with Crippen molar-refractivity contribution in [2.45, 2.75) is 23.9 Å². The van der Waals surface area contributed by atoms with Crippen molar-refractivity contribution in [1.29, 1.82) is 0 Å². The van der Waals surface area contributed by atoms with Gasteiger partial charge < -0.3 is 9.73 Å². The number of hydrogen-bond acceptors (Lipinski definition) is 6. The summed E-state index contributed by atoms with van der Waals surface area (Å²) in [4.78, 5) is 16.3. The van der Waals surface area contributed by atoms with Crippen LogP contribution in [0.25, 0.3) is 11.4 Å². The molecule has 0 aliphatic rings. The Morgan fingerprint density at radius 1 is 1.42 bits per heavy atom. The number of pyridine rings is 1. The second kappa shape index (κ2) is 8.48. The third-order valence-corrected chi connectivity index (χ3v) is 4.68. The quantitative estimate of drug-likeness (QED) is 0.485. The summed E-state index contributed by atoms with van der Waals surface area (Å²) in [6.45, 7) is 6.34. The lowest BCUT2D eigenvalue weighted by Gasteiger charge is -2.12. The molecular formula is C18H19N5O2S. The molecule has 0 fully saturated rings. The standard InChI is InChI=1S/C18H19N5O2S/c1-3-8-20-17(24)13(2)26-18-22-21-16(14-6-4-9-19-11-14)23(18)12-15-7-5-10-25-15/h3-7,9-11,13H,1,8,12H2,2H3,(H,20,24). The van der Waals surface area contributed by atoms with Crippen LogP contribution in [0.5, 0.6) is 0 Å². The molecule has 0 aromatic carbocycles. The van der Waals surface area contributed by atoms with Crippen molar-refractivity contribution in [3.63, 3.8) is 0 Å². The van der Waals surface area contributed by atoms with E-state index in [0.717, 1.165) is 11.3 Å². The number of carbonyl (C=O) groups excluding carboxylic acids is 1. The lowest BCUT2D eigenvalue weighted by atomic mass is 10.2. The van der Waals surface area contributed by atoms with Crippen molar-refractivity contribution in [2.75, 3.05) is 6.54 Å². The van der Waals surface area contributed by atoms with Gasteiger partial charge in [0.05, 0.1) is 18.1 Å². The van der Waals surface area contributed by atoms with Gasteiger partial charge in [0.25, 0.3) is 0 Å². The van der Waals surface area contributed by atoms with Crippen LogP contribution in [-0.2, 0) is 11.3 Å². The molecule has 134 valence electrons. The molecule has 0 spiro atoms. The average molecular weight is 369 g/mol. The Kier molecular flexibility index (Phi) is 5.85. The molecule has 0 saturated carbocycles. The molecular weight excluding hydrogens is 350 g/mol. The maximum Gasteiger partial charge on any atom is 0.233 e. The van der Waals surface area contributed by atoms with Gasteiger partial charge in [-0.2, -0.15) is 0 Å². The summed E-state index contributed by atoms with van der Waals surface area (Å²) in [6.07, 6.45) is 6.71. The fourth-order valence-electron chi connectivity index (χ4n) is 2.31. The van der Waals surface area contributed by atoms with E-state index in [1.165, 1.54) is 11.8 Å². The van der Waals surface area contributed by atoms with Gasteiger partial charge in [0.1, 0.15) is 5.76 Å². The Bertz CT molecular complexity index is 861. The SMILES string of the molecule is C=CCNC(=O)C(C)Sc1nnc(-c2cccnc2)n1Cc1ccco1. The van der Waals surface area contributed by atoms with Crippen molar-refractivity contribution in [2.24, 2.45) is 0 Å². The summed E-state index contributed by atoms with van der Waals surface area (Å²) in [5.41, 5.74) is 0.849. The van der Waals surface area contributed by atoms with Crippen LogP contribution in [0.1, 0.15) is 12.7 Å². The first kappa shape index (κ1) is 17.9. The van der Waals surface area contributed by atoms with Crippen molar-refractivity contribution in [3.05, 3.63) is 61.3 Å². The zero-order valence-corrected chi connectivity index (χ0v) is 15.1. The van der Waals surface area contributed by atoms with E-state index in [1.807, 2.05) is 35.8 Å². The highest BCUT2D eigenvalue weighted by Gasteiger charge is 2.21. The second-order valence-corrected chi connectivity index (χ2v) is 6.82. The zero-order valence-electron chi connectivity index (χ0n) is 14.3. The molecule has 1 atom stereocenters. The van der Waals surface area contributed by atoms with Gasteiger partial charge in [-0.05, 0) is 31.2 Å². The fourth-order valence-corrected chi connectivity index (χ4v) is 3.19. The molecule has 0 aliphatic carbocycles. The van der Waals surface area contributed by atoms with Gasteiger partial charge in [0.2, 0.25) is 5.91 Å². The van der Waals surface area contributed by atoms with E-state index in [1.54, 1.807) is 24.7 Å². The predicted molar refractivity (Wildman–Crippen MR) is 99.6 cm³/mol. The van der Waals surface area contributed by atoms with Crippen molar-refractivity contribution >= 4 is 17.7 Å². The Labute approximate surface area is 155 Å². The molecule has 0 bridgehead atoms. The number of aromatic nitrogens is 4. The van der Waals surface area contributed by atoms with Crippen LogP contribution >= 0.6 is 11.8 Å². The number of amides is 1. The van der Waals surface area contributed by atoms with Crippen LogP contribution in [0.3, 0.4) is 0 Å². The van der Waals surface area contributed by atoms with Crippen LogP contribution in [0, 0.1) is 0 Å². The van der Waals surface area contributed by atoms with E-state index in [0.29, 0.717) is 24.1 Å². The number of nitrogens with one attached hydrogen (secondary N) is 1. The number of carbonyl (C=O) groups is 1. The van der Waals surface area contributed by atoms with Crippen LogP contribution in [0.15, 0.2) is 65.2 Å². The van der Waals surface area contributed by atoms with E-state index in [9.17, 15) is 4.79 Å². The summed E-state index contributed by atoms with van der Waals surface area (Å²) in [5.74, 6) is 1.38. The Morgan fingerprint density at radius 3 is 3.00 bits per heavy atom. The molecule has 1 unspecified atom stereocenters. The molecule has 3 aromatic rings. The fraction of sp³-hybridized carbons (Fsp3) is 0.222. The van der Waals surface area contributed by atoms with Crippen LogP contribution in [0.4, 0.5) is 0 Å². The Hall–Kier alpha value is -2.87. The van der Waals surface area contributed by atoms with Crippen LogP contribution in [0.2, 0.25) is 0 Å². The lowest BCUT2D eigenvalue weighted by Crippen LogP contribution is -2.31. The smallest absolute Gasteiger partial charge is 0.233 e. The highest BCUT2D eigenvalue weighted by molar-refractivity contribution is 8.00. The molecule has 3 heterocycles. The minimum atomic E-state index is -0.323. The van der Waals surface area contributed by atoms with Gasteiger partial charge in [0.15, 0.2) is 11.0 Å². The number of thioether (sulfide) groups is 1. The van der Waals surface area contributed by atoms with E-state index in [-0.39, 0.29) is 11.2 Å². The molecule has 3 aromatic heterocycles. The van der Waals surface area contributed by atoms with Crippen molar-refractivity contribution in [3.8, 4) is 11.4 Å². The van der Waals surface area contributed by atoms with E-state index >= 15 is 0 Å². The molecule has 0 aliphatic heterocycles. The minimum absolute atomic E-state index is 0.0784. The van der Waals surface area contributed by atoms with Gasteiger partial charge in [-0.1, -0.05) is 17.8 Å².